The van der Waals surface area contributed by atoms with Crippen molar-refractivity contribution in [2.75, 3.05) is 10.8 Å². The topological polar surface area (TPSA) is 86.8 Å². The van der Waals surface area contributed by atoms with Gasteiger partial charge in [-0.1, -0.05) is 89.4 Å². The largest absolute Gasteiger partial charge is 0.352 e. The SMILES string of the molecule is Cc1ccc(S(=O)(=O)N(CC(=O)N(Cc2ccc(Cl)cc2)[C@H](Cc2ccccc2)C(=O)NC(C)C)c2cc(Cl)ccc2C)cc1. The van der Waals surface area contributed by atoms with E-state index in [9.17, 15) is 18.0 Å². The highest BCUT2D eigenvalue weighted by Gasteiger charge is 2.35. The van der Waals surface area contributed by atoms with E-state index in [1.165, 1.54) is 23.1 Å². The summed E-state index contributed by atoms with van der Waals surface area (Å²) in [4.78, 5) is 29.8. The molecule has 4 aromatic carbocycles. The van der Waals surface area contributed by atoms with Crippen molar-refractivity contribution < 1.29 is 18.0 Å². The highest BCUT2D eigenvalue weighted by atomic mass is 35.5. The van der Waals surface area contributed by atoms with Gasteiger partial charge in [-0.3, -0.25) is 13.9 Å². The second-order valence-electron chi connectivity index (χ2n) is 11.3. The summed E-state index contributed by atoms with van der Waals surface area (Å²) in [7, 11) is -4.23. The Balaban J connectivity index is 1.83. The zero-order valence-electron chi connectivity index (χ0n) is 25.7. The van der Waals surface area contributed by atoms with Gasteiger partial charge in [-0.05, 0) is 80.8 Å². The van der Waals surface area contributed by atoms with Gasteiger partial charge in [0.25, 0.3) is 10.0 Å². The van der Waals surface area contributed by atoms with Gasteiger partial charge < -0.3 is 10.2 Å². The Morgan fingerprint density at radius 1 is 0.800 bits per heavy atom. The number of sulfonamides is 1. The molecule has 4 aromatic rings. The van der Waals surface area contributed by atoms with Gasteiger partial charge in [0, 0.05) is 29.1 Å². The molecule has 10 heteroatoms. The van der Waals surface area contributed by atoms with Crippen LogP contribution in [0, 0.1) is 13.8 Å². The maximum atomic E-state index is 14.5. The number of nitrogens with zero attached hydrogens (tertiary/aromatic N) is 2. The van der Waals surface area contributed by atoms with E-state index < -0.39 is 28.5 Å². The molecule has 0 radical (unpaired) electrons. The van der Waals surface area contributed by atoms with Crippen LogP contribution in [-0.4, -0.2) is 43.8 Å². The van der Waals surface area contributed by atoms with Gasteiger partial charge in [0.1, 0.15) is 12.6 Å². The third-order valence-corrected chi connectivity index (χ3v) is 9.56. The number of hydrogen-bond acceptors (Lipinski definition) is 4. The highest BCUT2D eigenvalue weighted by Crippen LogP contribution is 2.30. The van der Waals surface area contributed by atoms with Crippen molar-refractivity contribution in [1.29, 1.82) is 0 Å². The molecule has 236 valence electrons. The lowest BCUT2D eigenvalue weighted by atomic mass is 10.0. The lowest BCUT2D eigenvalue weighted by Crippen LogP contribution is -2.54. The molecule has 45 heavy (non-hydrogen) atoms. The highest BCUT2D eigenvalue weighted by molar-refractivity contribution is 7.92. The molecular weight excluding hydrogens is 629 g/mol. The number of hydrogen-bond donors (Lipinski definition) is 1. The molecule has 0 unspecified atom stereocenters. The van der Waals surface area contributed by atoms with Crippen LogP contribution in [0.1, 0.15) is 36.1 Å². The summed E-state index contributed by atoms with van der Waals surface area (Å²) in [5.41, 5.74) is 3.37. The van der Waals surface area contributed by atoms with E-state index in [0.29, 0.717) is 15.6 Å². The first-order valence-electron chi connectivity index (χ1n) is 14.6. The van der Waals surface area contributed by atoms with E-state index in [4.69, 9.17) is 23.2 Å². The van der Waals surface area contributed by atoms with Gasteiger partial charge in [0.05, 0.1) is 10.6 Å². The van der Waals surface area contributed by atoms with Gasteiger partial charge in [0.15, 0.2) is 0 Å². The van der Waals surface area contributed by atoms with E-state index in [2.05, 4.69) is 5.32 Å². The van der Waals surface area contributed by atoms with Gasteiger partial charge >= 0.3 is 0 Å². The van der Waals surface area contributed by atoms with Crippen LogP contribution in [0.2, 0.25) is 10.0 Å². The minimum absolute atomic E-state index is 0.0305. The zero-order valence-corrected chi connectivity index (χ0v) is 28.0. The average molecular weight is 667 g/mol. The van der Waals surface area contributed by atoms with Crippen LogP contribution >= 0.6 is 23.2 Å². The zero-order chi connectivity index (χ0) is 32.7. The molecule has 0 saturated heterocycles. The van der Waals surface area contributed by atoms with Crippen LogP contribution in [0.3, 0.4) is 0 Å². The number of anilines is 1. The first-order chi connectivity index (χ1) is 21.3. The minimum atomic E-state index is -4.23. The van der Waals surface area contributed by atoms with Crippen LogP contribution in [0.4, 0.5) is 5.69 Å². The van der Waals surface area contributed by atoms with E-state index >= 15 is 0 Å². The van der Waals surface area contributed by atoms with E-state index in [-0.39, 0.29) is 35.5 Å². The number of aryl methyl sites for hydroxylation is 2. The van der Waals surface area contributed by atoms with E-state index in [1.807, 2.05) is 51.1 Å². The van der Waals surface area contributed by atoms with Crippen molar-refractivity contribution in [2.45, 2.75) is 57.6 Å². The van der Waals surface area contributed by atoms with Crippen LogP contribution in [0.15, 0.2) is 102 Å². The van der Waals surface area contributed by atoms with Crippen LogP contribution in [0.25, 0.3) is 0 Å². The second kappa shape index (κ2) is 15.0. The number of rotatable bonds is 12. The smallest absolute Gasteiger partial charge is 0.264 e. The third-order valence-electron chi connectivity index (χ3n) is 7.30. The van der Waals surface area contributed by atoms with E-state index in [0.717, 1.165) is 21.0 Å². The Morgan fingerprint density at radius 3 is 2.04 bits per heavy atom. The first-order valence-corrected chi connectivity index (χ1v) is 16.8. The molecule has 7 nitrogen and oxygen atoms in total. The maximum absolute atomic E-state index is 14.5. The quantitative estimate of drug-likeness (QED) is 0.177. The second-order valence-corrected chi connectivity index (χ2v) is 14.0. The van der Waals surface area contributed by atoms with Crippen molar-refractivity contribution in [3.8, 4) is 0 Å². The summed E-state index contributed by atoms with van der Waals surface area (Å²) in [6.45, 7) is 6.80. The van der Waals surface area contributed by atoms with Crippen LogP contribution < -0.4 is 9.62 Å². The monoisotopic (exact) mass is 665 g/mol. The summed E-state index contributed by atoms with van der Waals surface area (Å²) in [5.74, 6) is -0.900. The van der Waals surface area contributed by atoms with Crippen LogP contribution in [-0.2, 0) is 32.6 Å². The molecule has 0 aliphatic rings. The summed E-state index contributed by atoms with van der Waals surface area (Å²) in [6.07, 6.45) is 0.222. The summed E-state index contributed by atoms with van der Waals surface area (Å²) in [6, 6.07) is 26.6. The predicted octanol–water partition coefficient (Wildman–Crippen LogP) is 6.97. The molecular formula is C35H37Cl2N3O4S. The van der Waals surface area contributed by atoms with Gasteiger partial charge in [0.2, 0.25) is 11.8 Å². The summed E-state index contributed by atoms with van der Waals surface area (Å²) in [5, 5.41) is 3.81. The lowest BCUT2D eigenvalue weighted by molar-refractivity contribution is -0.140. The Bertz CT molecular complexity index is 1730. The fraction of sp³-hybridized carbons (Fsp3) is 0.257. The summed E-state index contributed by atoms with van der Waals surface area (Å²) >= 11 is 12.5. The fourth-order valence-electron chi connectivity index (χ4n) is 4.92. The third kappa shape index (κ3) is 8.87. The standard InChI is InChI=1S/C35H37Cl2N3O4S/c1-24(2)38-35(42)33(20-27-8-6-5-7-9-27)39(22-28-13-16-29(36)17-14-28)34(41)23-40(32-21-30(37)15-12-26(32)4)45(43,44)31-18-10-25(3)11-19-31/h5-19,21,24,33H,20,22-23H2,1-4H3,(H,38,42)/t33-/m1/s1. The van der Waals surface area contributed by atoms with Crippen molar-refractivity contribution in [3.05, 3.63) is 129 Å². The number of carbonyl (C=O) groups excluding carboxylic acids is 2. The molecule has 1 atom stereocenters. The molecule has 4 rings (SSSR count). The molecule has 0 aliphatic carbocycles. The summed E-state index contributed by atoms with van der Waals surface area (Å²) < 4.78 is 29.5. The molecule has 0 spiro atoms. The molecule has 0 aliphatic heterocycles. The molecule has 1 N–H and O–H groups in total. The minimum Gasteiger partial charge on any atom is -0.352 e. The molecule has 0 aromatic heterocycles. The molecule has 0 heterocycles. The fourth-order valence-corrected chi connectivity index (χ4v) is 6.69. The predicted molar refractivity (Wildman–Crippen MR) is 181 cm³/mol. The van der Waals surface area contributed by atoms with Crippen molar-refractivity contribution >= 4 is 50.7 Å². The Morgan fingerprint density at radius 2 is 1.42 bits per heavy atom. The van der Waals surface area contributed by atoms with Gasteiger partial charge in [-0.15, -0.1) is 0 Å². The Labute approximate surface area is 275 Å². The molecule has 0 fully saturated rings. The normalized spacial score (nSPS) is 12.1. The molecule has 2 amide bonds. The number of benzene rings is 4. The van der Waals surface area contributed by atoms with Gasteiger partial charge in [-0.25, -0.2) is 8.42 Å². The van der Waals surface area contributed by atoms with Gasteiger partial charge in [-0.2, -0.15) is 0 Å². The molecule has 0 bridgehead atoms. The first kappa shape index (κ1) is 34.0. The Kier molecular flexibility index (Phi) is 11.3. The van der Waals surface area contributed by atoms with E-state index in [1.54, 1.807) is 55.5 Å². The van der Waals surface area contributed by atoms with Crippen molar-refractivity contribution in [1.82, 2.24) is 10.2 Å². The number of nitrogens with one attached hydrogen (secondary N) is 1. The lowest BCUT2D eigenvalue weighted by Gasteiger charge is -2.34. The maximum Gasteiger partial charge on any atom is 0.264 e. The van der Waals surface area contributed by atoms with Crippen LogP contribution in [0.5, 0.6) is 0 Å². The van der Waals surface area contributed by atoms with Crippen molar-refractivity contribution in [3.63, 3.8) is 0 Å². The average Bonchev–Trinajstić information content (AvgIpc) is 3.00. The number of amides is 2. The van der Waals surface area contributed by atoms with Crippen molar-refractivity contribution in [2.24, 2.45) is 0 Å². The number of carbonyl (C=O) groups is 2. The number of halogens is 2. The molecule has 0 saturated carbocycles. The Hall–Kier alpha value is -3.85.